The highest BCUT2D eigenvalue weighted by atomic mass is 79.9. The van der Waals surface area contributed by atoms with Crippen molar-refractivity contribution in [2.24, 2.45) is 10.1 Å². The van der Waals surface area contributed by atoms with Gasteiger partial charge in [0.1, 0.15) is 11.5 Å². The Morgan fingerprint density at radius 1 is 1.02 bits per heavy atom. The molecule has 0 fully saturated rings. The van der Waals surface area contributed by atoms with E-state index in [0.717, 1.165) is 32.5 Å². The number of nitrogens with zero attached hydrogens (tertiary/aromatic N) is 4. The fourth-order valence-corrected chi connectivity index (χ4v) is 5.73. The number of ether oxygens (including phenoxy) is 3. The third-order valence-electron chi connectivity index (χ3n) is 7.94. The van der Waals surface area contributed by atoms with Crippen molar-refractivity contribution in [3.05, 3.63) is 140 Å². The van der Waals surface area contributed by atoms with Crippen LogP contribution in [-0.4, -0.2) is 49.3 Å². The Morgan fingerprint density at radius 2 is 1.72 bits per heavy atom. The van der Waals surface area contributed by atoms with E-state index in [1.54, 1.807) is 7.11 Å². The number of halogens is 1. The molecule has 11 heteroatoms. The second-order valence-corrected chi connectivity index (χ2v) is 11.9. The molecule has 1 aliphatic heterocycles. The number of hydrogen-bond donors (Lipinski definition) is 2. The van der Waals surface area contributed by atoms with Gasteiger partial charge in [-0.2, -0.15) is 0 Å². The molecular formula is C36H36BrN5O5. The summed E-state index contributed by atoms with van der Waals surface area (Å²) in [5.74, 6) is 1.47. The van der Waals surface area contributed by atoms with Crippen LogP contribution in [0.2, 0.25) is 0 Å². The van der Waals surface area contributed by atoms with Crippen LogP contribution in [0.3, 0.4) is 0 Å². The van der Waals surface area contributed by atoms with Crippen molar-refractivity contribution >= 4 is 27.7 Å². The molecule has 10 nitrogen and oxygen atoms in total. The first-order valence-electron chi connectivity index (χ1n) is 15.3. The Labute approximate surface area is 282 Å². The number of aliphatic hydroxyl groups is 1. The van der Waals surface area contributed by atoms with Crippen LogP contribution in [-0.2, 0) is 28.9 Å². The average molecular weight is 699 g/mol. The number of rotatable bonds is 15. The molecule has 2 atom stereocenters. The molecule has 1 amide bonds. The third-order valence-corrected chi connectivity index (χ3v) is 8.47. The van der Waals surface area contributed by atoms with Gasteiger partial charge in [-0.1, -0.05) is 69.6 Å². The van der Waals surface area contributed by atoms with Crippen LogP contribution in [0.25, 0.3) is 10.4 Å². The van der Waals surface area contributed by atoms with Gasteiger partial charge in [-0.3, -0.25) is 4.79 Å². The molecule has 0 bridgehead atoms. The third kappa shape index (κ3) is 8.31. The van der Waals surface area contributed by atoms with Crippen molar-refractivity contribution in [1.29, 1.82) is 0 Å². The Morgan fingerprint density at radius 3 is 2.40 bits per heavy atom. The summed E-state index contributed by atoms with van der Waals surface area (Å²) in [4.78, 5) is 22.6. The van der Waals surface area contributed by atoms with Gasteiger partial charge in [0.2, 0.25) is 5.90 Å². The molecule has 1 aliphatic rings. The largest absolute Gasteiger partial charge is 0.497 e. The van der Waals surface area contributed by atoms with Crippen LogP contribution >= 0.6 is 15.9 Å². The summed E-state index contributed by atoms with van der Waals surface area (Å²) in [6.45, 7) is 0.968. The standard InChI is InChI=1S/C36H36BrN5O5/c1-45-31-15-7-25(8-16-31)19-20-39-35(44)36(23-28-5-2-3-6-29(28)24-40-42-38)33(26-9-13-30(37)14-10-26)47-34(41-36)27-11-17-32(18-12-27)46-22-4-21-43/h2-3,5-18,33,43H,4,19-24H2,1H3,(H,39,44)/t33-,36-/m1/s1. The van der Waals surface area contributed by atoms with Crippen LogP contribution in [0.15, 0.2) is 112 Å². The Balaban J connectivity index is 1.54. The maximum atomic E-state index is 14.6. The van der Waals surface area contributed by atoms with E-state index in [-0.39, 0.29) is 25.5 Å². The highest BCUT2D eigenvalue weighted by Gasteiger charge is 2.53. The van der Waals surface area contributed by atoms with E-state index in [2.05, 4.69) is 31.3 Å². The summed E-state index contributed by atoms with van der Waals surface area (Å²) in [5, 5.41) is 16.0. The monoisotopic (exact) mass is 697 g/mol. The summed E-state index contributed by atoms with van der Waals surface area (Å²) in [6, 6.07) is 30.4. The summed E-state index contributed by atoms with van der Waals surface area (Å²) < 4.78 is 18.5. The number of amides is 1. The van der Waals surface area contributed by atoms with Gasteiger partial charge >= 0.3 is 0 Å². The van der Waals surface area contributed by atoms with E-state index in [0.29, 0.717) is 43.2 Å². The highest BCUT2D eigenvalue weighted by Crippen LogP contribution is 2.43. The second-order valence-electron chi connectivity index (χ2n) is 11.0. The number of hydrogen-bond acceptors (Lipinski definition) is 7. The molecule has 2 N–H and O–H groups in total. The molecule has 1 heterocycles. The minimum atomic E-state index is -1.40. The number of methoxy groups -OCH3 is 1. The number of carbonyl (C=O) groups excluding carboxylic acids is 1. The number of nitrogens with one attached hydrogen (secondary N) is 1. The van der Waals surface area contributed by atoms with Crippen LogP contribution in [0.1, 0.15) is 40.3 Å². The maximum Gasteiger partial charge on any atom is 0.252 e. The van der Waals surface area contributed by atoms with E-state index in [9.17, 15) is 4.79 Å². The minimum absolute atomic E-state index is 0.0520. The highest BCUT2D eigenvalue weighted by molar-refractivity contribution is 9.10. The Kier molecular flexibility index (Phi) is 11.5. The van der Waals surface area contributed by atoms with E-state index < -0.39 is 11.6 Å². The second kappa shape index (κ2) is 16.1. The smallest absolute Gasteiger partial charge is 0.252 e. The first-order valence-corrected chi connectivity index (χ1v) is 16.1. The van der Waals surface area contributed by atoms with E-state index >= 15 is 0 Å². The fraction of sp³-hybridized carbons (Fsp3) is 0.278. The number of benzene rings is 4. The zero-order valence-corrected chi connectivity index (χ0v) is 27.6. The summed E-state index contributed by atoms with van der Waals surface area (Å²) in [5.41, 5.74) is 11.8. The normalized spacial score (nSPS) is 16.8. The molecular weight excluding hydrogens is 662 g/mol. The minimum Gasteiger partial charge on any atom is -0.497 e. The first-order chi connectivity index (χ1) is 23.0. The van der Waals surface area contributed by atoms with Gasteiger partial charge in [-0.15, -0.1) is 0 Å². The van der Waals surface area contributed by atoms with Gasteiger partial charge < -0.3 is 24.6 Å². The van der Waals surface area contributed by atoms with Crippen molar-refractivity contribution in [1.82, 2.24) is 5.32 Å². The molecule has 242 valence electrons. The molecule has 0 saturated heterocycles. The average Bonchev–Trinajstić information content (AvgIpc) is 3.49. The molecule has 4 aromatic rings. The molecule has 5 rings (SSSR count). The van der Waals surface area contributed by atoms with Crippen LogP contribution in [0.5, 0.6) is 11.5 Å². The van der Waals surface area contributed by atoms with Crippen molar-refractivity contribution in [2.75, 3.05) is 26.9 Å². The number of aliphatic hydroxyl groups excluding tert-OH is 1. The number of aliphatic imine (C=N–C) groups is 1. The van der Waals surface area contributed by atoms with Gasteiger partial charge in [0.25, 0.3) is 5.91 Å². The molecule has 47 heavy (non-hydrogen) atoms. The molecule has 0 aromatic heterocycles. The molecule has 0 saturated carbocycles. The lowest BCUT2D eigenvalue weighted by atomic mass is 9.81. The Hall–Kier alpha value is -4.83. The van der Waals surface area contributed by atoms with Gasteiger partial charge in [0, 0.05) is 40.9 Å². The molecule has 4 aromatic carbocycles. The summed E-state index contributed by atoms with van der Waals surface area (Å²) in [6.07, 6.45) is 0.575. The lowest BCUT2D eigenvalue weighted by molar-refractivity contribution is -0.128. The van der Waals surface area contributed by atoms with E-state index in [4.69, 9.17) is 29.8 Å². The molecule has 0 radical (unpaired) electrons. The van der Waals surface area contributed by atoms with Crippen molar-refractivity contribution < 1.29 is 24.1 Å². The lowest BCUT2D eigenvalue weighted by Crippen LogP contribution is -2.50. The van der Waals surface area contributed by atoms with Crippen molar-refractivity contribution in [3.63, 3.8) is 0 Å². The predicted octanol–water partition coefficient (Wildman–Crippen LogP) is 6.89. The lowest BCUT2D eigenvalue weighted by Gasteiger charge is -2.31. The van der Waals surface area contributed by atoms with Crippen LogP contribution < -0.4 is 14.8 Å². The van der Waals surface area contributed by atoms with Gasteiger partial charge in [-0.05, 0) is 82.7 Å². The molecule has 0 unspecified atom stereocenters. The topological polar surface area (TPSA) is 138 Å². The number of carbonyl (C=O) groups is 1. The maximum absolute atomic E-state index is 14.6. The Bertz CT molecular complexity index is 1720. The molecule has 0 spiro atoms. The summed E-state index contributed by atoms with van der Waals surface area (Å²) >= 11 is 3.52. The SMILES string of the molecule is COc1ccc(CCNC(=O)[C@]2(Cc3ccccc3CN=[N+]=[N-])N=C(c3ccc(OCCCO)cc3)O[C@@H]2c2ccc(Br)cc2)cc1. The van der Waals surface area contributed by atoms with Crippen molar-refractivity contribution in [2.45, 2.75) is 37.5 Å². The zero-order chi connectivity index (χ0) is 33.1. The number of azide groups is 1. The van der Waals surface area contributed by atoms with Crippen molar-refractivity contribution in [3.8, 4) is 11.5 Å². The van der Waals surface area contributed by atoms with E-state index in [1.165, 1.54) is 0 Å². The predicted molar refractivity (Wildman–Crippen MR) is 184 cm³/mol. The summed E-state index contributed by atoms with van der Waals surface area (Å²) in [7, 11) is 1.63. The van der Waals surface area contributed by atoms with Gasteiger partial charge in [-0.25, -0.2) is 4.99 Å². The van der Waals surface area contributed by atoms with Gasteiger partial charge in [0.05, 0.1) is 20.3 Å². The first kappa shape index (κ1) is 33.5. The zero-order valence-electron chi connectivity index (χ0n) is 26.0. The quantitative estimate of drug-likeness (QED) is 0.0603. The van der Waals surface area contributed by atoms with Crippen LogP contribution in [0, 0.1) is 0 Å². The van der Waals surface area contributed by atoms with Crippen LogP contribution in [0.4, 0.5) is 0 Å². The fourth-order valence-electron chi connectivity index (χ4n) is 5.47. The van der Waals surface area contributed by atoms with Gasteiger partial charge in [0.15, 0.2) is 11.6 Å². The van der Waals surface area contributed by atoms with E-state index in [1.807, 2.05) is 97.1 Å². The molecule has 0 aliphatic carbocycles.